The molecule has 5 heteroatoms. The van der Waals surface area contributed by atoms with Gasteiger partial charge in [0.15, 0.2) is 0 Å². The third-order valence-corrected chi connectivity index (χ3v) is 5.43. The Balaban J connectivity index is 1.86. The van der Waals surface area contributed by atoms with E-state index in [-0.39, 0.29) is 0 Å². The van der Waals surface area contributed by atoms with Gasteiger partial charge in [-0.25, -0.2) is 8.42 Å². The Hall–Kier alpha value is -0.130. The highest BCUT2D eigenvalue weighted by Gasteiger charge is 2.26. The fourth-order valence-electron chi connectivity index (χ4n) is 3.37. The molecule has 1 aliphatic carbocycles. The number of hydrogen-bond acceptors (Lipinski definition) is 4. The van der Waals surface area contributed by atoms with Gasteiger partial charge in [-0.15, -0.1) is 0 Å². The second-order valence-electron chi connectivity index (χ2n) is 6.24. The van der Waals surface area contributed by atoms with Crippen LogP contribution >= 0.6 is 0 Å². The van der Waals surface area contributed by atoms with Crippen LogP contribution in [0.3, 0.4) is 0 Å². The van der Waals surface area contributed by atoms with Crippen molar-refractivity contribution in [2.45, 2.75) is 44.6 Å². The largest absolute Gasteiger partial charge is 0.312 e. The van der Waals surface area contributed by atoms with E-state index < -0.39 is 9.84 Å². The van der Waals surface area contributed by atoms with Crippen molar-refractivity contribution >= 4 is 9.84 Å². The Bertz CT molecular complexity index is 364. The van der Waals surface area contributed by atoms with Crippen LogP contribution in [0, 0.1) is 5.92 Å². The van der Waals surface area contributed by atoms with Crippen LogP contribution in [-0.4, -0.2) is 57.5 Å². The van der Waals surface area contributed by atoms with Gasteiger partial charge in [-0.1, -0.05) is 19.3 Å². The summed E-state index contributed by atoms with van der Waals surface area (Å²) in [4.78, 5) is 2.35. The fraction of sp³-hybridized carbons (Fsp3) is 1.00. The zero-order valence-electron chi connectivity index (χ0n) is 12.1. The zero-order valence-corrected chi connectivity index (χ0v) is 12.9. The number of nitrogens with one attached hydrogen (secondary N) is 1. The van der Waals surface area contributed by atoms with Gasteiger partial charge in [0.05, 0.1) is 5.75 Å². The van der Waals surface area contributed by atoms with E-state index in [0.717, 1.165) is 32.0 Å². The van der Waals surface area contributed by atoms with Crippen molar-refractivity contribution in [3.8, 4) is 0 Å². The van der Waals surface area contributed by atoms with Crippen molar-refractivity contribution in [3.05, 3.63) is 0 Å². The molecule has 1 saturated heterocycles. The van der Waals surface area contributed by atoms with Crippen molar-refractivity contribution in [3.63, 3.8) is 0 Å². The lowest BCUT2D eigenvalue weighted by atomic mass is 9.83. The molecule has 1 unspecified atom stereocenters. The van der Waals surface area contributed by atoms with E-state index in [1.807, 2.05) is 0 Å². The first-order valence-electron chi connectivity index (χ1n) is 7.68. The molecule has 4 nitrogen and oxygen atoms in total. The average molecular weight is 288 g/mol. The molecule has 0 bridgehead atoms. The molecule has 0 amide bonds. The first-order chi connectivity index (χ1) is 9.04. The van der Waals surface area contributed by atoms with Gasteiger partial charge in [0.2, 0.25) is 0 Å². The lowest BCUT2D eigenvalue weighted by Gasteiger charge is -2.32. The van der Waals surface area contributed by atoms with Crippen LogP contribution in [0.5, 0.6) is 0 Å². The number of nitrogens with zero attached hydrogens (tertiary/aromatic N) is 1. The molecule has 1 N–H and O–H groups in total. The van der Waals surface area contributed by atoms with Crippen molar-refractivity contribution in [1.82, 2.24) is 10.2 Å². The monoisotopic (exact) mass is 288 g/mol. The zero-order chi connectivity index (χ0) is 13.7. The van der Waals surface area contributed by atoms with E-state index in [1.165, 1.54) is 38.4 Å². The van der Waals surface area contributed by atoms with Crippen LogP contribution in [0.25, 0.3) is 0 Å². The Morgan fingerprint density at radius 3 is 2.58 bits per heavy atom. The fourth-order valence-corrected chi connectivity index (χ4v) is 3.96. The molecule has 0 aromatic rings. The Morgan fingerprint density at radius 2 is 1.89 bits per heavy atom. The summed E-state index contributed by atoms with van der Waals surface area (Å²) >= 11 is 0. The standard InChI is InChI=1S/C14H28N2O2S/c1-19(17,18)11-10-16-9-5-8-15-14(12-16)13-6-3-2-4-7-13/h13-15H,2-12H2,1H3. The van der Waals surface area contributed by atoms with E-state index in [1.54, 1.807) is 0 Å². The molecular formula is C14H28N2O2S. The molecule has 19 heavy (non-hydrogen) atoms. The predicted octanol–water partition coefficient (Wildman–Crippen LogP) is 1.28. The molecule has 1 saturated carbocycles. The van der Waals surface area contributed by atoms with Crippen LogP contribution in [0.15, 0.2) is 0 Å². The van der Waals surface area contributed by atoms with Gasteiger partial charge in [0.1, 0.15) is 9.84 Å². The highest BCUT2D eigenvalue weighted by Crippen LogP contribution is 2.27. The summed E-state index contributed by atoms with van der Waals surface area (Å²) < 4.78 is 22.6. The molecule has 112 valence electrons. The predicted molar refractivity (Wildman–Crippen MR) is 79.1 cm³/mol. The van der Waals surface area contributed by atoms with Crippen LogP contribution in [-0.2, 0) is 9.84 Å². The van der Waals surface area contributed by atoms with Gasteiger partial charge in [0.25, 0.3) is 0 Å². The van der Waals surface area contributed by atoms with Crippen molar-refractivity contribution < 1.29 is 8.42 Å². The van der Waals surface area contributed by atoms with Crippen LogP contribution in [0.1, 0.15) is 38.5 Å². The maximum absolute atomic E-state index is 11.3. The smallest absolute Gasteiger partial charge is 0.148 e. The van der Waals surface area contributed by atoms with E-state index in [9.17, 15) is 8.42 Å². The summed E-state index contributed by atoms with van der Waals surface area (Å²) in [6, 6.07) is 0.572. The minimum Gasteiger partial charge on any atom is -0.312 e. The molecule has 2 fully saturated rings. The molecule has 0 spiro atoms. The number of sulfone groups is 1. The van der Waals surface area contributed by atoms with Crippen molar-refractivity contribution in [1.29, 1.82) is 0 Å². The van der Waals surface area contributed by atoms with Crippen molar-refractivity contribution in [2.75, 3.05) is 38.2 Å². The minimum absolute atomic E-state index is 0.296. The van der Waals surface area contributed by atoms with E-state index in [0.29, 0.717) is 18.3 Å². The maximum atomic E-state index is 11.3. The normalized spacial score (nSPS) is 28.2. The van der Waals surface area contributed by atoms with E-state index >= 15 is 0 Å². The molecule has 1 atom stereocenters. The lowest BCUT2D eigenvalue weighted by Crippen LogP contribution is -2.44. The third kappa shape index (κ3) is 5.40. The Kier molecular flexibility index (Phi) is 5.66. The molecule has 2 rings (SSSR count). The quantitative estimate of drug-likeness (QED) is 0.846. The molecule has 0 aromatic heterocycles. The molecule has 1 aliphatic heterocycles. The van der Waals surface area contributed by atoms with Gasteiger partial charge >= 0.3 is 0 Å². The van der Waals surface area contributed by atoms with E-state index in [2.05, 4.69) is 10.2 Å². The number of rotatable bonds is 4. The Labute approximate surface area is 117 Å². The molecular weight excluding hydrogens is 260 g/mol. The first-order valence-corrected chi connectivity index (χ1v) is 9.74. The second kappa shape index (κ2) is 7.04. The number of hydrogen-bond donors (Lipinski definition) is 1. The maximum Gasteiger partial charge on any atom is 0.148 e. The summed E-state index contributed by atoms with van der Waals surface area (Å²) in [5.41, 5.74) is 0. The highest BCUT2D eigenvalue weighted by molar-refractivity contribution is 7.90. The minimum atomic E-state index is -2.84. The first kappa shape index (κ1) is 15.3. The summed E-state index contributed by atoms with van der Waals surface area (Å²) in [5.74, 6) is 1.09. The summed E-state index contributed by atoms with van der Waals surface area (Å²) in [6.07, 6.45) is 9.28. The lowest BCUT2D eigenvalue weighted by molar-refractivity contribution is 0.212. The molecule has 1 heterocycles. The summed E-state index contributed by atoms with van der Waals surface area (Å²) in [6.45, 7) is 3.84. The van der Waals surface area contributed by atoms with Gasteiger partial charge < -0.3 is 10.2 Å². The summed E-state index contributed by atoms with van der Waals surface area (Å²) in [7, 11) is -2.84. The van der Waals surface area contributed by atoms with Crippen LogP contribution in [0.2, 0.25) is 0 Å². The topological polar surface area (TPSA) is 49.4 Å². The van der Waals surface area contributed by atoms with Crippen LogP contribution < -0.4 is 5.32 Å². The molecule has 0 radical (unpaired) electrons. The summed E-state index contributed by atoms with van der Waals surface area (Å²) in [5, 5.41) is 3.69. The van der Waals surface area contributed by atoms with Crippen molar-refractivity contribution in [2.24, 2.45) is 5.92 Å². The molecule has 2 aliphatic rings. The SMILES string of the molecule is CS(=O)(=O)CCN1CCCNC(C2CCCCC2)C1. The molecule has 0 aromatic carbocycles. The van der Waals surface area contributed by atoms with Gasteiger partial charge in [-0.2, -0.15) is 0 Å². The highest BCUT2D eigenvalue weighted by atomic mass is 32.2. The van der Waals surface area contributed by atoms with E-state index in [4.69, 9.17) is 0 Å². The van der Waals surface area contributed by atoms with Gasteiger partial charge in [0, 0.05) is 25.4 Å². The van der Waals surface area contributed by atoms with Crippen LogP contribution in [0.4, 0.5) is 0 Å². The third-order valence-electron chi connectivity index (χ3n) is 4.51. The average Bonchev–Trinajstić information content (AvgIpc) is 2.62. The Morgan fingerprint density at radius 1 is 1.16 bits per heavy atom. The van der Waals surface area contributed by atoms with Gasteiger partial charge in [-0.05, 0) is 38.3 Å². The van der Waals surface area contributed by atoms with Gasteiger partial charge in [-0.3, -0.25) is 0 Å². The second-order valence-corrected chi connectivity index (χ2v) is 8.50.